The number of fused-ring (bicyclic) bond motifs is 6. The average Bonchev–Trinajstić information content (AvgIpc) is 3.74. The molecule has 0 amide bonds. The highest BCUT2D eigenvalue weighted by atomic mass is 16.3. The van der Waals surface area contributed by atoms with Crippen molar-refractivity contribution in [2.45, 2.75) is 0 Å². The van der Waals surface area contributed by atoms with E-state index in [9.17, 15) is 0 Å². The third kappa shape index (κ3) is 4.60. The van der Waals surface area contributed by atoms with Crippen molar-refractivity contribution in [3.05, 3.63) is 170 Å². The molecule has 0 spiro atoms. The molecule has 10 rings (SSSR count). The van der Waals surface area contributed by atoms with E-state index in [0.717, 1.165) is 77.2 Å². The van der Waals surface area contributed by atoms with Gasteiger partial charge in [0, 0.05) is 43.9 Å². The topological polar surface area (TPSA) is 56.7 Å². The Bertz CT molecular complexity index is 2850. The number of aromatic nitrogens is 4. The van der Waals surface area contributed by atoms with E-state index in [1.165, 1.54) is 0 Å². The summed E-state index contributed by atoms with van der Waals surface area (Å²) in [6, 6.07) is 58.6. The second-order valence-electron chi connectivity index (χ2n) is 12.4. The summed E-state index contributed by atoms with van der Waals surface area (Å²) in [7, 11) is 0. The lowest BCUT2D eigenvalue weighted by Gasteiger charge is -2.11. The largest absolute Gasteiger partial charge is 0.456 e. The number of para-hydroxylation sites is 3. The Morgan fingerprint density at radius 2 is 0.960 bits per heavy atom. The molecule has 0 aliphatic carbocycles. The third-order valence-corrected chi connectivity index (χ3v) is 9.48. The van der Waals surface area contributed by atoms with E-state index in [-0.39, 0.29) is 0 Å². The Morgan fingerprint density at radius 3 is 1.78 bits per heavy atom. The van der Waals surface area contributed by atoms with Gasteiger partial charge < -0.3 is 8.98 Å². The van der Waals surface area contributed by atoms with Crippen molar-refractivity contribution in [3.63, 3.8) is 0 Å². The maximum absolute atomic E-state index is 6.28. The minimum atomic E-state index is 0.586. The monoisotopic (exact) mass is 640 g/mol. The van der Waals surface area contributed by atoms with Crippen LogP contribution in [0.15, 0.2) is 174 Å². The van der Waals surface area contributed by atoms with Gasteiger partial charge in [0.05, 0.1) is 11.0 Å². The predicted molar refractivity (Wildman–Crippen MR) is 203 cm³/mol. The maximum atomic E-state index is 6.28. The molecule has 7 aromatic carbocycles. The Kier molecular flexibility index (Phi) is 6.42. The van der Waals surface area contributed by atoms with E-state index in [0.29, 0.717) is 17.5 Å². The molecular formula is C45H28N4O. The van der Waals surface area contributed by atoms with Gasteiger partial charge in [0.2, 0.25) is 0 Å². The van der Waals surface area contributed by atoms with Crippen LogP contribution < -0.4 is 0 Å². The lowest BCUT2D eigenvalue weighted by molar-refractivity contribution is 0.669. The second kappa shape index (κ2) is 11.4. The van der Waals surface area contributed by atoms with Crippen LogP contribution in [0.2, 0.25) is 0 Å². The highest BCUT2D eigenvalue weighted by Gasteiger charge is 2.20. The first-order valence-corrected chi connectivity index (χ1v) is 16.7. The van der Waals surface area contributed by atoms with E-state index in [4.69, 9.17) is 19.4 Å². The van der Waals surface area contributed by atoms with Gasteiger partial charge in [0.1, 0.15) is 11.2 Å². The molecule has 0 atom stereocenters. The zero-order valence-corrected chi connectivity index (χ0v) is 26.9. The molecule has 5 heteroatoms. The van der Waals surface area contributed by atoms with Gasteiger partial charge in [0.25, 0.3) is 0 Å². The van der Waals surface area contributed by atoms with Crippen LogP contribution in [0.25, 0.3) is 94.7 Å². The molecule has 0 saturated carbocycles. The van der Waals surface area contributed by atoms with Crippen LogP contribution in [-0.4, -0.2) is 19.5 Å². The fourth-order valence-electron chi connectivity index (χ4n) is 7.12. The Balaban J connectivity index is 1.20. The van der Waals surface area contributed by atoms with Crippen molar-refractivity contribution >= 4 is 43.7 Å². The number of hydrogen-bond acceptors (Lipinski definition) is 4. The summed E-state index contributed by atoms with van der Waals surface area (Å²) in [5.74, 6) is 1.81. The third-order valence-electron chi connectivity index (χ3n) is 9.48. The van der Waals surface area contributed by atoms with E-state index in [2.05, 4.69) is 138 Å². The minimum Gasteiger partial charge on any atom is -0.456 e. The Morgan fingerprint density at radius 1 is 0.380 bits per heavy atom. The van der Waals surface area contributed by atoms with Crippen molar-refractivity contribution in [3.8, 4) is 51.0 Å². The molecule has 234 valence electrons. The van der Waals surface area contributed by atoms with Gasteiger partial charge in [-0.15, -0.1) is 0 Å². The average molecular weight is 641 g/mol. The summed E-state index contributed by atoms with van der Waals surface area (Å²) in [4.78, 5) is 15.5. The van der Waals surface area contributed by atoms with Crippen molar-refractivity contribution < 1.29 is 4.42 Å². The van der Waals surface area contributed by atoms with Gasteiger partial charge in [0.15, 0.2) is 17.5 Å². The van der Waals surface area contributed by atoms with E-state index in [1.807, 2.05) is 36.4 Å². The molecule has 0 bridgehead atoms. The summed E-state index contributed by atoms with van der Waals surface area (Å²) < 4.78 is 8.59. The fraction of sp³-hybridized carbons (Fsp3) is 0. The zero-order chi connectivity index (χ0) is 33.0. The van der Waals surface area contributed by atoms with Gasteiger partial charge in [-0.05, 0) is 53.6 Å². The molecule has 0 radical (unpaired) electrons. The fourth-order valence-corrected chi connectivity index (χ4v) is 7.12. The smallest absolute Gasteiger partial charge is 0.164 e. The van der Waals surface area contributed by atoms with E-state index in [1.54, 1.807) is 0 Å². The second-order valence-corrected chi connectivity index (χ2v) is 12.4. The predicted octanol–water partition coefficient (Wildman–Crippen LogP) is 11.5. The summed E-state index contributed by atoms with van der Waals surface area (Å²) >= 11 is 0. The summed E-state index contributed by atoms with van der Waals surface area (Å²) in [6.07, 6.45) is 0. The first kappa shape index (κ1) is 28.2. The lowest BCUT2D eigenvalue weighted by atomic mass is 10.0. The van der Waals surface area contributed by atoms with Gasteiger partial charge in [-0.3, -0.25) is 0 Å². The van der Waals surface area contributed by atoms with Gasteiger partial charge in [-0.25, -0.2) is 15.0 Å². The van der Waals surface area contributed by atoms with Crippen LogP contribution >= 0.6 is 0 Å². The summed E-state index contributed by atoms with van der Waals surface area (Å²) in [5, 5.41) is 4.39. The number of nitrogens with zero attached hydrogens (tertiary/aromatic N) is 4. The highest BCUT2D eigenvalue weighted by molar-refractivity contribution is 6.15. The van der Waals surface area contributed by atoms with Crippen LogP contribution in [0.1, 0.15) is 0 Å². The lowest BCUT2D eigenvalue weighted by Crippen LogP contribution is -2.00. The van der Waals surface area contributed by atoms with E-state index >= 15 is 0 Å². The van der Waals surface area contributed by atoms with Crippen molar-refractivity contribution in [1.29, 1.82) is 0 Å². The molecule has 50 heavy (non-hydrogen) atoms. The van der Waals surface area contributed by atoms with E-state index < -0.39 is 0 Å². The number of rotatable bonds is 5. The SMILES string of the molecule is c1ccc(-c2ccc(-c3nc(-c4ccc5c(c4)oc4ccccc45)nc(-c4cccc5c4c4ccccc4n5-c4ccccc4)n3)cc2)cc1. The summed E-state index contributed by atoms with van der Waals surface area (Å²) in [5.41, 5.74) is 10.0. The molecule has 10 aromatic rings. The normalized spacial score (nSPS) is 11.6. The van der Waals surface area contributed by atoms with Crippen LogP contribution in [0.3, 0.4) is 0 Å². The molecular weight excluding hydrogens is 613 g/mol. The Labute approximate surface area is 287 Å². The van der Waals surface area contributed by atoms with Crippen LogP contribution in [-0.2, 0) is 0 Å². The summed E-state index contributed by atoms with van der Waals surface area (Å²) in [6.45, 7) is 0. The zero-order valence-electron chi connectivity index (χ0n) is 26.9. The molecule has 3 aromatic heterocycles. The first-order valence-electron chi connectivity index (χ1n) is 16.7. The van der Waals surface area contributed by atoms with Gasteiger partial charge in [-0.1, -0.05) is 127 Å². The standard InChI is InChI=1S/C45H28N4O/c1-3-12-29(13-4-1)30-22-24-31(25-23-30)43-46-44(32-26-27-35-34-16-8-10-21-40(34)50-41(35)28-32)48-45(47-43)37-18-11-20-39-42(37)36-17-7-9-19-38(36)49(39)33-14-5-2-6-15-33/h1-28H. The van der Waals surface area contributed by atoms with Crippen molar-refractivity contribution in [2.75, 3.05) is 0 Å². The number of benzene rings is 7. The molecule has 3 heterocycles. The van der Waals surface area contributed by atoms with Gasteiger partial charge >= 0.3 is 0 Å². The number of hydrogen-bond donors (Lipinski definition) is 0. The molecule has 0 fully saturated rings. The van der Waals surface area contributed by atoms with Gasteiger partial charge in [-0.2, -0.15) is 0 Å². The molecule has 0 saturated heterocycles. The molecule has 0 aliphatic rings. The molecule has 0 aliphatic heterocycles. The Hall–Kier alpha value is -6.85. The molecule has 5 nitrogen and oxygen atoms in total. The number of furan rings is 1. The van der Waals surface area contributed by atoms with Crippen LogP contribution in [0.4, 0.5) is 0 Å². The minimum absolute atomic E-state index is 0.586. The molecule has 0 N–H and O–H groups in total. The first-order chi connectivity index (χ1) is 24.8. The molecule has 0 unspecified atom stereocenters. The quantitative estimate of drug-likeness (QED) is 0.188. The maximum Gasteiger partial charge on any atom is 0.164 e. The van der Waals surface area contributed by atoms with Crippen LogP contribution in [0, 0.1) is 0 Å². The highest BCUT2D eigenvalue weighted by Crippen LogP contribution is 2.39. The van der Waals surface area contributed by atoms with Crippen molar-refractivity contribution in [2.24, 2.45) is 0 Å². The van der Waals surface area contributed by atoms with Crippen molar-refractivity contribution in [1.82, 2.24) is 19.5 Å². The van der Waals surface area contributed by atoms with Crippen LogP contribution in [0.5, 0.6) is 0 Å².